The van der Waals surface area contributed by atoms with Crippen LogP contribution in [-0.2, 0) is 6.54 Å². The first-order valence-corrected chi connectivity index (χ1v) is 6.61. The summed E-state index contributed by atoms with van der Waals surface area (Å²) in [5, 5.41) is 3.30. The van der Waals surface area contributed by atoms with Gasteiger partial charge in [0.25, 0.3) is 0 Å². The van der Waals surface area contributed by atoms with E-state index in [4.69, 9.17) is 0 Å². The van der Waals surface area contributed by atoms with Gasteiger partial charge in [-0.2, -0.15) is 0 Å². The summed E-state index contributed by atoms with van der Waals surface area (Å²) in [5.41, 5.74) is 4.10. The molecule has 0 atom stereocenters. The normalized spacial score (nSPS) is 10.4. The van der Waals surface area contributed by atoms with Crippen LogP contribution in [0.2, 0.25) is 0 Å². The Bertz CT molecular complexity index is 546. The molecule has 1 N–H and O–H groups in total. The smallest absolute Gasteiger partial charge is 0.129 e. The Labute approximate surface area is 115 Å². The van der Waals surface area contributed by atoms with Crippen molar-refractivity contribution in [1.82, 2.24) is 0 Å². The van der Waals surface area contributed by atoms with Gasteiger partial charge in [-0.25, -0.2) is 4.39 Å². The minimum atomic E-state index is -0.192. The van der Waals surface area contributed by atoms with Crippen molar-refractivity contribution in [1.29, 1.82) is 0 Å². The molecule has 0 saturated carbocycles. The van der Waals surface area contributed by atoms with Crippen molar-refractivity contribution in [3.8, 4) is 0 Å². The molecule has 0 unspecified atom stereocenters. The van der Waals surface area contributed by atoms with E-state index >= 15 is 0 Å². The fourth-order valence-corrected chi connectivity index (χ4v) is 2.28. The summed E-state index contributed by atoms with van der Waals surface area (Å²) in [6.07, 6.45) is 0. The number of rotatable bonds is 3. The molecule has 1 nitrogen and oxygen atoms in total. The van der Waals surface area contributed by atoms with Crippen LogP contribution in [0.1, 0.15) is 16.7 Å². The van der Waals surface area contributed by atoms with Crippen LogP contribution in [0, 0.1) is 19.7 Å². The molecular formula is C15H15BrFN. The maximum absolute atomic E-state index is 13.7. The Hall–Kier alpha value is -1.35. The molecule has 0 amide bonds. The van der Waals surface area contributed by atoms with Gasteiger partial charge >= 0.3 is 0 Å². The Morgan fingerprint density at radius 2 is 1.78 bits per heavy atom. The molecule has 18 heavy (non-hydrogen) atoms. The van der Waals surface area contributed by atoms with Gasteiger partial charge in [0.2, 0.25) is 0 Å². The molecule has 0 saturated heterocycles. The number of hydrogen-bond donors (Lipinski definition) is 1. The first-order chi connectivity index (χ1) is 8.58. The van der Waals surface area contributed by atoms with Crippen molar-refractivity contribution in [3.63, 3.8) is 0 Å². The van der Waals surface area contributed by atoms with Gasteiger partial charge < -0.3 is 5.32 Å². The standard InChI is InChI=1S/C15H15BrFN/c1-10-4-3-5-11(2)15(10)18-9-12-6-7-13(16)8-14(12)17/h3-8,18H,9H2,1-2H3. The lowest BCUT2D eigenvalue weighted by Crippen LogP contribution is -2.04. The molecule has 0 heterocycles. The van der Waals surface area contributed by atoms with E-state index in [2.05, 4.69) is 21.2 Å². The first-order valence-electron chi connectivity index (χ1n) is 5.82. The summed E-state index contributed by atoms with van der Waals surface area (Å²) in [4.78, 5) is 0. The second-order valence-corrected chi connectivity index (χ2v) is 5.27. The third-order valence-electron chi connectivity index (χ3n) is 2.95. The highest BCUT2D eigenvalue weighted by Gasteiger charge is 2.05. The molecule has 94 valence electrons. The molecule has 3 heteroatoms. The van der Waals surface area contributed by atoms with Crippen molar-refractivity contribution in [2.24, 2.45) is 0 Å². The molecule has 0 radical (unpaired) electrons. The SMILES string of the molecule is Cc1cccc(C)c1NCc1ccc(Br)cc1F. The number of anilines is 1. The summed E-state index contributed by atoms with van der Waals surface area (Å²) in [7, 11) is 0. The molecule has 0 fully saturated rings. The summed E-state index contributed by atoms with van der Waals surface area (Å²) in [6, 6.07) is 11.3. The third kappa shape index (κ3) is 2.91. The molecule has 0 aliphatic carbocycles. The minimum Gasteiger partial charge on any atom is -0.380 e. The molecule has 2 rings (SSSR count). The number of para-hydroxylation sites is 1. The van der Waals surface area contributed by atoms with Gasteiger partial charge in [0.1, 0.15) is 5.82 Å². The van der Waals surface area contributed by atoms with Gasteiger partial charge in [0, 0.05) is 22.3 Å². The zero-order valence-corrected chi connectivity index (χ0v) is 12.0. The van der Waals surface area contributed by atoms with E-state index < -0.39 is 0 Å². The largest absolute Gasteiger partial charge is 0.380 e. The van der Waals surface area contributed by atoms with Crippen LogP contribution >= 0.6 is 15.9 Å². The van der Waals surface area contributed by atoms with Crippen LogP contribution in [-0.4, -0.2) is 0 Å². The lowest BCUT2D eigenvalue weighted by Gasteiger charge is -2.13. The Morgan fingerprint density at radius 1 is 1.11 bits per heavy atom. The molecule has 0 aliphatic rings. The highest BCUT2D eigenvalue weighted by molar-refractivity contribution is 9.10. The molecule has 2 aromatic carbocycles. The van der Waals surface area contributed by atoms with Crippen LogP contribution in [0.4, 0.5) is 10.1 Å². The highest BCUT2D eigenvalue weighted by Crippen LogP contribution is 2.21. The molecular weight excluding hydrogens is 293 g/mol. The molecule has 0 spiro atoms. The zero-order chi connectivity index (χ0) is 13.1. The Balaban J connectivity index is 2.16. The maximum atomic E-state index is 13.7. The molecule has 0 aliphatic heterocycles. The second kappa shape index (κ2) is 5.53. The topological polar surface area (TPSA) is 12.0 Å². The van der Waals surface area contributed by atoms with Crippen molar-refractivity contribution < 1.29 is 4.39 Å². The zero-order valence-electron chi connectivity index (χ0n) is 10.4. The van der Waals surface area contributed by atoms with E-state index in [9.17, 15) is 4.39 Å². The average Bonchev–Trinajstić information content (AvgIpc) is 2.31. The van der Waals surface area contributed by atoms with Crippen LogP contribution in [0.25, 0.3) is 0 Å². The average molecular weight is 308 g/mol. The number of benzene rings is 2. The van der Waals surface area contributed by atoms with Gasteiger partial charge in [-0.1, -0.05) is 40.2 Å². The second-order valence-electron chi connectivity index (χ2n) is 4.36. The number of aryl methyl sites for hydroxylation is 2. The number of nitrogens with one attached hydrogen (secondary N) is 1. The van der Waals surface area contributed by atoms with E-state index in [0.717, 1.165) is 10.2 Å². The van der Waals surface area contributed by atoms with E-state index in [1.807, 2.05) is 38.1 Å². The third-order valence-corrected chi connectivity index (χ3v) is 3.45. The van der Waals surface area contributed by atoms with Crippen molar-refractivity contribution >= 4 is 21.6 Å². The van der Waals surface area contributed by atoms with Crippen LogP contribution < -0.4 is 5.32 Å². The van der Waals surface area contributed by atoms with Crippen LogP contribution in [0.15, 0.2) is 40.9 Å². The summed E-state index contributed by atoms with van der Waals surface area (Å²) >= 11 is 3.26. The molecule has 2 aromatic rings. The number of halogens is 2. The predicted molar refractivity (Wildman–Crippen MR) is 77.3 cm³/mol. The fraction of sp³-hybridized carbons (Fsp3) is 0.200. The van der Waals surface area contributed by atoms with Crippen LogP contribution in [0.3, 0.4) is 0 Å². The van der Waals surface area contributed by atoms with Gasteiger partial charge in [-0.05, 0) is 37.1 Å². The van der Waals surface area contributed by atoms with Crippen LogP contribution in [0.5, 0.6) is 0 Å². The van der Waals surface area contributed by atoms with Gasteiger partial charge in [0.15, 0.2) is 0 Å². The van der Waals surface area contributed by atoms with E-state index in [1.54, 1.807) is 6.07 Å². The van der Waals surface area contributed by atoms with Gasteiger partial charge in [-0.15, -0.1) is 0 Å². The maximum Gasteiger partial charge on any atom is 0.129 e. The lowest BCUT2D eigenvalue weighted by molar-refractivity contribution is 0.612. The Kier molecular flexibility index (Phi) is 4.02. The van der Waals surface area contributed by atoms with E-state index in [1.165, 1.54) is 17.2 Å². The van der Waals surface area contributed by atoms with Gasteiger partial charge in [-0.3, -0.25) is 0 Å². The highest BCUT2D eigenvalue weighted by atomic mass is 79.9. The summed E-state index contributed by atoms with van der Waals surface area (Å²) in [6.45, 7) is 4.59. The van der Waals surface area contributed by atoms with Crippen molar-refractivity contribution in [2.45, 2.75) is 20.4 Å². The monoisotopic (exact) mass is 307 g/mol. The fourth-order valence-electron chi connectivity index (χ4n) is 1.94. The lowest BCUT2D eigenvalue weighted by atomic mass is 10.1. The molecule has 0 bridgehead atoms. The minimum absolute atomic E-state index is 0.192. The number of hydrogen-bond acceptors (Lipinski definition) is 1. The van der Waals surface area contributed by atoms with E-state index in [-0.39, 0.29) is 5.82 Å². The first kappa shape index (κ1) is 13.1. The predicted octanol–water partition coefficient (Wildman–Crippen LogP) is 4.82. The van der Waals surface area contributed by atoms with E-state index in [0.29, 0.717) is 12.1 Å². The van der Waals surface area contributed by atoms with Gasteiger partial charge in [0.05, 0.1) is 0 Å². The summed E-state index contributed by atoms with van der Waals surface area (Å²) in [5.74, 6) is -0.192. The summed E-state index contributed by atoms with van der Waals surface area (Å²) < 4.78 is 14.4. The Morgan fingerprint density at radius 3 is 2.39 bits per heavy atom. The van der Waals surface area contributed by atoms with Crippen molar-refractivity contribution in [2.75, 3.05) is 5.32 Å². The quantitative estimate of drug-likeness (QED) is 0.857. The molecule has 0 aromatic heterocycles. The van der Waals surface area contributed by atoms with Crippen molar-refractivity contribution in [3.05, 3.63) is 63.4 Å².